The molecule has 2 aromatic rings. The lowest BCUT2D eigenvalue weighted by atomic mass is 10.1. The van der Waals surface area contributed by atoms with Gasteiger partial charge in [0.25, 0.3) is 0 Å². The summed E-state index contributed by atoms with van der Waals surface area (Å²) in [6.45, 7) is 11.2. The summed E-state index contributed by atoms with van der Waals surface area (Å²) in [6.07, 6.45) is 0.221. The molecule has 1 heterocycles. The van der Waals surface area contributed by atoms with E-state index in [1.54, 1.807) is 0 Å². The van der Waals surface area contributed by atoms with Crippen molar-refractivity contribution in [1.29, 1.82) is 0 Å². The number of nitrogens with one attached hydrogen (secondary N) is 1. The quantitative estimate of drug-likeness (QED) is 0.827. The first kappa shape index (κ1) is 19.0. The molecule has 0 aliphatic heterocycles. The number of carbonyl (C=O) groups is 1. The SMILES string of the molecule is CCOc1cc(F)ccc1NC(=O)Cc1c(C)nn(CC(C)C)c1C. The third-order valence-corrected chi connectivity index (χ3v) is 3.92. The monoisotopic (exact) mass is 347 g/mol. The molecule has 0 saturated carbocycles. The fourth-order valence-corrected chi connectivity index (χ4v) is 2.74. The Morgan fingerprint density at radius 2 is 2.08 bits per heavy atom. The largest absolute Gasteiger partial charge is 0.492 e. The molecule has 25 heavy (non-hydrogen) atoms. The van der Waals surface area contributed by atoms with Gasteiger partial charge in [-0.15, -0.1) is 0 Å². The number of halogens is 1. The lowest BCUT2D eigenvalue weighted by Crippen LogP contribution is -2.16. The number of hydrogen-bond donors (Lipinski definition) is 1. The Balaban J connectivity index is 2.15. The minimum absolute atomic E-state index is 0.178. The van der Waals surface area contributed by atoms with Gasteiger partial charge in [-0.3, -0.25) is 9.48 Å². The van der Waals surface area contributed by atoms with E-state index in [4.69, 9.17) is 4.74 Å². The molecule has 1 amide bonds. The maximum atomic E-state index is 13.4. The van der Waals surface area contributed by atoms with Crippen LogP contribution in [-0.4, -0.2) is 22.3 Å². The number of rotatable bonds is 7. The van der Waals surface area contributed by atoms with Crippen molar-refractivity contribution in [3.8, 4) is 5.75 Å². The molecule has 5 nitrogen and oxygen atoms in total. The molecule has 0 bridgehead atoms. The molecule has 0 fully saturated rings. The zero-order chi connectivity index (χ0) is 18.6. The summed E-state index contributed by atoms with van der Waals surface area (Å²) in [4.78, 5) is 12.5. The first-order valence-electron chi connectivity index (χ1n) is 8.56. The highest BCUT2D eigenvalue weighted by Crippen LogP contribution is 2.26. The lowest BCUT2D eigenvalue weighted by Gasteiger charge is -2.12. The van der Waals surface area contributed by atoms with Crippen molar-refractivity contribution in [1.82, 2.24) is 9.78 Å². The Labute approximate surface area is 148 Å². The molecule has 6 heteroatoms. The number of carbonyl (C=O) groups excluding carboxylic acids is 1. The van der Waals surface area contributed by atoms with Crippen molar-refractivity contribution >= 4 is 11.6 Å². The van der Waals surface area contributed by atoms with E-state index in [0.29, 0.717) is 24.0 Å². The summed E-state index contributed by atoms with van der Waals surface area (Å²) in [6, 6.07) is 4.09. The predicted octanol–water partition coefficient (Wildman–Crippen LogP) is 3.87. The molecule has 1 aromatic carbocycles. The molecule has 1 aromatic heterocycles. The Kier molecular flexibility index (Phi) is 6.17. The van der Waals surface area contributed by atoms with Crippen LogP contribution in [0.3, 0.4) is 0 Å². The number of benzene rings is 1. The molecular formula is C19H26FN3O2. The van der Waals surface area contributed by atoms with E-state index in [9.17, 15) is 9.18 Å². The van der Waals surface area contributed by atoms with Crippen LogP contribution in [-0.2, 0) is 17.8 Å². The maximum absolute atomic E-state index is 13.4. The number of amides is 1. The van der Waals surface area contributed by atoms with E-state index in [1.807, 2.05) is 25.5 Å². The number of anilines is 1. The molecule has 2 rings (SSSR count). The molecular weight excluding hydrogens is 321 g/mol. The van der Waals surface area contributed by atoms with Crippen LogP contribution in [0, 0.1) is 25.6 Å². The molecule has 136 valence electrons. The summed E-state index contributed by atoms with van der Waals surface area (Å²) in [7, 11) is 0. The summed E-state index contributed by atoms with van der Waals surface area (Å²) in [5, 5.41) is 7.34. The number of nitrogens with zero attached hydrogens (tertiary/aromatic N) is 2. The van der Waals surface area contributed by atoms with E-state index in [1.165, 1.54) is 18.2 Å². The van der Waals surface area contributed by atoms with E-state index in [0.717, 1.165) is 23.5 Å². The number of aromatic nitrogens is 2. The van der Waals surface area contributed by atoms with E-state index in [2.05, 4.69) is 24.3 Å². The fraction of sp³-hybridized carbons (Fsp3) is 0.474. The van der Waals surface area contributed by atoms with Gasteiger partial charge >= 0.3 is 0 Å². The van der Waals surface area contributed by atoms with E-state index in [-0.39, 0.29) is 12.3 Å². The van der Waals surface area contributed by atoms with Crippen LogP contribution in [0.1, 0.15) is 37.7 Å². The minimum atomic E-state index is -0.400. The Morgan fingerprint density at radius 3 is 2.72 bits per heavy atom. The summed E-state index contributed by atoms with van der Waals surface area (Å²) < 4.78 is 20.7. The van der Waals surface area contributed by atoms with Crippen LogP contribution >= 0.6 is 0 Å². The average molecular weight is 347 g/mol. The molecule has 0 saturated heterocycles. The third kappa shape index (κ3) is 4.81. The topological polar surface area (TPSA) is 56.1 Å². The normalized spacial score (nSPS) is 11.0. The maximum Gasteiger partial charge on any atom is 0.229 e. The third-order valence-electron chi connectivity index (χ3n) is 3.92. The van der Waals surface area contributed by atoms with Crippen LogP contribution in [0.2, 0.25) is 0 Å². The number of ether oxygens (including phenoxy) is 1. The van der Waals surface area contributed by atoms with Crippen molar-refractivity contribution in [2.24, 2.45) is 5.92 Å². The van der Waals surface area contributed by atoms with Crippen molar-refractivity contribution in [2.75, 3.05) is 11.9 Å². The summed E-state index contributed by atoms with van der Waals surface area (Å²) >= 11 is 0. The van der Waals surface area contributed by atoms with Gasteiger partial charge in [0.1, 0.15) is 11.6 Å². The first-order valence-corrected chi connectivity index (χ1v) is 8.56. The lowest BCUT2D eigenvalue weighted by molar-refractivity contribution is -0.115. The number of aryl methyl sites for hydroxylation is 1. The van der Waals surface area contributed by atoms with Crippen LogP contribution in [0.15, 0.2) is 18.2 Å². The Morgan fingerprint density at radius 1 is 1.36 bits per heavy atom. The Hall–Kier alpha value is -2.37. The molecule has 0 spiro atoms. The van der Waals surface area contributed by atoms with Gasteiger partial charge in [-0.2, -0.15) is 5.10 Å². The van der Waals surface area contributed by atoms with Crippen molar-refractivity contribution in [2.45, 2.75) is 47.6 Å². The van der Waals surface area contributed by atoms with E-state index >= 15 is 0 Å². The van der Waals surface area contributed by atoms with Crippen LogP contribution in [0.4, 0.5) is 10.1 Å². The average Bonchev–Trinajstić information content (AvgIpc) is 2.77. The highest BCUT2D eigenvalue weighted by molar-refractivity contribution is 5.93. The highest BCUT2D eigenvalue weighted by Gasteiger charge is 2.17. The smallest absolute Gasteiger partial charge is 0.229 e. The van der Waals surface area contributed by atoms with Gasteiger partial charge in [-0.1, -0.05) is 13.8 Å². The zero-order valence-electron chi connectivity index (χ0n) is 15.5. The standard InChI is InChI=1S/C19H26FN3O2/c1-6-25-18-9-15(20)7-8-17(18)21-19(24)10-16-13(4)22-23(14(16)5)11-12(2)3/h7-9,12H,6,10-11H2,1-5H3,(H,21,24). The second kappa shape index (κ2) is 8.14. The van der Waals surface area contributed by atoms with Crippen molar-refractivity contribution < 1.29 is 13.9 Å². The second-order valence-electron chi connectivity index (χ2n) is 6.52. The van der Waals surface area contributed by atoms with Crippen LogP contribution < -0.4 is 10.1 Å². The molecule has 0 radical (unpaired) electrons. The van der Waals surface area contributed by atoms with Crippen molar-refractivity contribution in [3.05, 3.63) is 41.0 Å². The van der Waals surface area contributed by atoms with Crippen molar-refractivity contribution in [3.63, 3.8) is 0 Å². The molecule has 0 unspecified atom stereocenters. The zero-order valence-corrected chi connectivity index (χ0v) is 15.5. The molecule has 1 N–H and O–H groups in total. The van der Waals surface area contributed by atoms with Gasteiger partial charge < -0.3 is 10.1 Å². The molecule has 0 aliphatic carbocycles. The van der Waals surface area contributed by atoms with Crippen LogP contribution in [0.25, 0.3) is 0 Å². The fourth-order valence-electron chi connectivity index (χ4n) is 2.74. The van der Waals surface area contributed by atoms with Gasteiger partial charge in [0.2, 0.25) is 5.91 Å². The second-order valence-corrected chi connectivity index (χ2v) is 6.52. The van der Waals surface area contributed by atoms with Crippen LogP contribution in [0.5, 0.6) is 5.75 Å². The van der Waals surface area contributed by atoms with E-state index < -0.39 is 5.82 Å². The number of hydrogen-bond acceptors (Lipinski definition) is 3. The van der Waals surface area contributed by atoms with Gasteiger partial charge in [-0.05, 0) is 38.8 Å². The minimum Gasteiger partial charge on any atom is -0.492 e. The first-order chi connectivity index (χ1) is 11.8. The predicted molar refractivity (Wildman–Crippen MR) is 96.4 cm³/mol. The molecule has 0 atom stereocenters. The summed E-state index contributed by atoms with van der Waals surface area (Å²) in [5.41, 5.74) is 3.26. The van der Waals surface area contributed by atoms with Gasteiger partial charge in [0, 0.05) is 23.9 Å². The van der Waals surface area contributed by atoms with Gasteiger partial charge in [-0.25, -0.2) is 4.39 Å². The van der Waals surface area contributed by atoms with Gasteiger partial charge in [0.15, 0.2) is 0 Å². The summed E-state index contributed by atoms with van der Waals surface area (Å²) in [5.74, 6) is 0.235. The van der Waals surface area contributed by atoms with Gasteiger partial charge in [0.05, 0.1) is 24.4 Å². The molecule has 0 aliphatic rings. The highest BCUT2D eigenvalue weighted by atomic mass is 19.1. The Bertz CT molecular complexity index is 753.